The van der Waals surface area contributed by atoms with Crippen LogP contribution in [0, 0.1) is 6.92 Å². The van der Waals surface area contributed by atoms with Crippen molar-refractivity contribution in [3.63, 3.8) is 0 Å². The molecule has 0 aliphatic carbocycles. The van der Waals surface area contributed by atoms with Crippen LogP contribution in [0.5, 0.6) is 17.2 Å². The number of aliphatic hydroxyl groups is 1. The van der Waals surface area contributed by atoms with Crippen LogP contribution in [-0.4, -0.2) is 38.1 Å². The molecular formula is C29H29NO6. The van der Waals surface area contributed by atoms with E-state index in [1.54, 1.807) is 30.3 Å². The van der Waals surface area contributed by atoms with Gasteiger partial charge in [-0.2, -0.15) is 0 Å². The number of methoxy groups -OCH3 is 3. The number of rotatable bonds is 7. The zero-order valence-corrected chi connectivity index (χ0v) is 21.0. The highest BCUT2D eigenvalue weighted by Gasteiger charge is 2.47. The number of aryl methyl sites for hydroxylation is 2. The fourth-order valence-corrected chi connectivity index (χ4v) is 4.51. The largest absolute Gasteiger partial charge is 0.507 e. The smallest absolute Gasteiger partial charge is 0.300 e. The van der Waals surface area contributed by atoms with Crippen molar-refractivity contribution in [2.75, 3.05) is 26.2 Å². The SMILES string of the molecule is CCc1ccc(/C(O)=C2\C(=O)C(=O)N(c3cccc(C)c3)C2c2cc(OC)c(OC)c(OC)c2)cc1. The van der Waals surface area contributed by atoms with E-state index in [1.807, 2.05) is 44.2 Å². The molecule has 0 saturated carbocycles. The lowest BCUT2D eigenvalue weighted by molar-refractivity contribution is -0.132. The number of anilines is 1. The molecule has 1 aliphatic rings. The van der Waals surface area contributed by atoms with Gasteiger partial charge in [-0.25, -0.2) is 0 Å². The number of amides is 1. The number of benzene rings is 3. The predicted octanol–water partition coefficient (Wildman–Crippen LogP) is 5.21. The van der Waals surface area contributed by atoms with Gasteiger partial charge in [0.15, 0.2) is 11.5 Å². The number of hydrogen-bond donors (Lipinski definition) is 1. The number of nitrogens with zero attached hydrogens (tertiary/aromatic N) is 1. The normalized spacial score (nSPS) is 16.8. The number of ketones is 1. The number of Topliss-reactive ketones (excluding diaryl/α,β-unsaturated/α-hetero) is 1. The second-order valence-corrected chi connectivity index (χ2v) is 8.52. The van der Waals surface area contributed by atoms with Gasteiger partial charge in [0.1, 0.15) is 5.76 Å². The lowest BCUT2D eigenvalue weighted by atomic mass is 9.94. The van der Waals surface area contributed by atoms with E-state index in [2.05, 4.69) is 0 Å². The van der Waals surface area contributed by atoms with Crippen molar-refractivity contribution < 1.29 is 28.9 Å². The van der Waals surface area contributed by atoms with E-state index < -0.39 is 17.7 Å². The molecule has 1 unspecified atom stereocenters. The highest BCUT2D eigenvalue weighted by atomic mass is 16.5. The van der Waals surface area contributed by atoms with Gasteiger partial charge in [0.25, 0.3) is 11.7 Å². The third kappa shape index (κ3) is 4.28. The molecule has 3 aromatic rings. The van der Waals surface area contributed by atoms with Gasteiger partial charge in [-0.3, -0.25) is 14.5 Å². The van der Waals surface area contributed by atoms with Gasteiger partial charge < -0.3 is 19.3 Å². The first-order chi connectivity index (χ1) is 17.3. The molecule has 0 bridgehead atoms. The average molecular weight is 488 g/mol. The van der Waals surface area contributed by atoms with Crippen molar-refractivity contribution in [3.05, 3.63) is 88.5 Å². The summed E-state index contributed by atoms with van der Waals surface area (Å²) in [6, 6.07) is 17.0. The number of hydrogen-bond acceptors (Lipinski definition) is 6. The van der Waals surface area contributed by atoms with Crippen LogP contribution in [0.15, 0.2) is 66.2 Å². The third-order valence-electron chi connectivity index (χ3n) is 6.36. The summed E-state index contributed by atoms with van der Waals surface area (Å²) in [5.74, 6) is -0.627. The molecule has 7 nitrogen and oxygen atoms in total. The van der Waals surface area contributed by atoms with Crippen molar-refractivity contribution in [1.82, 2.24) is 0 Å². The Morgan fingerprint density at radius 1 is 0.917 bits per heavy atom. The van der Waals surface area contributed by atoms with Gasteiger partial charge in [-0.05, 0) is 54.3 Å². The van der Waals surface area contributed by atoms with Gasteiger partial charge in [0.05, 0.1) is 32.9 Å². The van der Waals surface area contributed by atoms with Crippen LogP contribution in [-0.2, 0) is 16.0 Å². The van der Waals surface area contributed by atoms with Crippen LogP contribution >= 0.6 is 0 Å². The Morgan fingerprint density at radius 3 is 2.08 bits per heavy atom. The van der Waals surface area contributed by atoms with Crippen molar-refractivity contribution in [3.8, 4) is 17.2 Å². The zero-order valence-electron chi connectivity index (χ0n) is 21.0. The molecule has 1 amide bonds. The summed E-state index contributed by atoms with van der Waals surface area (Å²) < 4.78 is 16.5. The van der Waals surface area contributed by atoms with Crippen molar-refractivity contribution in [1.29, 1.82) is 0 Å². The van der Waals surface area contributed by atoms with Gasteiger partial charge in [0, 0.05) is 11.3 Å². The molecule has 36 heavy (non-hydrogen) atoms. The Kier molecular flexibility index (Phi) is 7.01. The maximum Gasteiger partial charge on any atom is 0.300 e. The Hall–Kier alpha value is -4.26. The maximum atomic E-state index is 13.4. The van der Waals surface area contributed by atoms with Gasteiger partial charge >= 0.3 is 0 Å². The Labute approximate surface area is 210 Å². The van der Waals surface area contributed by atoms with Crippen LogP contribution < -0.4 is 19.1 Å². The van der Waals surface area contributed by atoms with E-state index in [4.69, 9.17) is 14.2 Å². The second kappa shape index (κ2) is 10.2. The van der Waals surface area contributed by atoms with Crippen molar-refractivity contribution in [2.45, 2.75) is 26.3 Å². The number of ether oxygens (including phenoxy) is 3. The van der Waals surface area contributed by atoms with E-state index in [1.165, 1.54) is 26.2 Å². The highest BCUT2D eigenvalue weighted by molar-refractivity contribution is 6.51. The van der Waals surface area contributed by atoms with Gasteiger partial charge in [0.2, 0.25) is 5.75 Å². The molecular weight excluding hydrogens is 458 g/mol. The van der Waals surface area contributed by atoms with Crippen LogP contribution in [0.2, 0.25) is 0 Å². The fraction of sp³-hybridized carbons (Fsp3) is 0.241. The van der Waals surface area contributed by atoms with Crippen LogP contribution in [0.1, 0.15) is 35.2 Å². The molecule has 1 heterocycles. The number of aliphatic hydroxyl groups excluding tert-OH is 1. The van der Waals surface area contributed by atoms with Crippen LogP contribution in [0.4, 0.5) is 5.69 Å². The summed E-state index contributed by atoms with van der Waals surface area (Å²) >= 11 is 0. The average Bonchev–Trinajstić information content (AvgIpc) is 3.17. The van der Waals surface area contributed by atoms with Gasteiger partial charge in [-0.15, -0.1) is 0 Å². The minimum atomic E-state index is -0.925. The molecule has 1 saturated heterocycles. The molecule has 4 rings (SSSR count). The summed E-state index contributed by atoms with van der Waals surface area (Å²) in [6.45, 7) is 3.94. The molecule has 0 aromatic heterocycles. The second-order valence-electron chi connectivity index (χ2n) is 8.52. The Balaban J connectivity index is 2.00. The maximum absolute atomic E-state index is 13.4. The van der Waals surface area contributed by atoms with Gasteiger partial charge in [-0.1, -0.05) is 43.3 Å². The Bertz CT molecular complexity index is 1320. The summed E-state index contributed by atoms with van der Waals surface area (Å²) in [5, 5.41) is 11.4. The summed E-state index contributed by atoms with van der Waals surface area (Å²) in [7, 11) is 4.49. The number of carbonyl (C=O) groups excluding carboxylic acids is 2. The number of carbonyl (C=O) groups is 2. The monoisotopic (exact) mass is 487 g/mol. The standard InChI is InChI=1S/C29H29NO6/c1-6-18-10-12-19(13-11-18)26(31)24-25(20-15-22(34-3)28(36-5)23(16-20)35-4)30(29(33)27(24)32)21-9-7-8-17(2)14-21/h7-16,25,31H,6H2,1-5H3/b26-24+. The summed E-state index contributed by atoms with van der Waals surface area (Å²) in [4.78, 5) is 28.3. The molecule has 7 heteroatoms. The molecule has 1 atom stereocenters. The lowest BCUT2D eigenvalue weighted by Crippen LogP contribution is -2.29. The Morgan fingerprint density at radius 2 is 1.56 bits per heavy atom. The molecule has 1 fully saturated rings. The molecule has 3 aromatic carbocycles. The van der Waals surface area contributed by atoms with E-state index in [-0.39, 0.29) is 11.3 Å². The fourth-order valence-electron chi connectivity index (χ4n) is 4.51. The zero-order chi connectivity index (χ0) is 26.0. The van der Waals surface area contributed by atoms with Crippen molar-refractivity contribution in [2.24, 2.45) is 0 Å². The first-order valence-electron chi connectivity index (χ1n) is 11.6. The molecule has 0 radical (unpaired) electrons. The molecule has 186 valence electrons. The minimum absolute atomic E-state index is 0.0139. The van der Waals surface area contributed by atoms with Crippen LogP contribution in [0.3, 0.4) is 0 Å². The minimum Gasteiger partial charge on any atom is -0.507 e. The first-order valence-corrected chi connectivity index (χ1v) is 11.6. The van der Waals surface area contributed by atoms with E-state index in [9.17, 15) is 14.7 Å². The molecule has 0 spiro atoms. The topological polar surface area (TPSA) is 85.3 Å². The molecule has 1 N–H and O–H groups in total. The highest BCUT2D eigenvalue weighted by Crippen LogP contribution is 2.47. The van der Waals surface area contributed by atoms with E-state index in [0.29, 0.717) is 34.1 Å². The van der Waals surface area contributed by atoms with E-state index >= 15 is 0 Å². The van der Waals surface area contributed by atoms with Crippen LogP contribution in [0.25, 0.3) is 5.76 Å². The lowest BCUT2D eigenvalue weighted by Gasteiger charge is -2.27. The predicted molar refractivity (Wildman–Crippen MR) is 138 cm³/mol. The third-order valence-corrected chi connectivity index (χ3v) is 6.36. The summed E-state index contributed by atoms with van der Waals surface area (Å²) in [6.07, 6.45) is 0.838. The van der Waals surface area contributed by atoms with Crippen molar-refractivity contribution >= 4 is 23.1 Å². The quantitative estimate of drug-likeness (QED) is 0.280. The van der Waals surface area contributed by atoms with E-state index in [0.717, 1.165) is 17.5 Å². The first kappa shape index (κ1) is 24.9. The summed E-state index contributed by atoms with van der Waals surface area (Å²) in [5.41, 5.74) is 3.52. The molecule has 1 aliphatic heterocycles.